The summed E-state index contributed by atoms with van der Waals surface area (Å²) in [7, 11) is 0. The summed E-state index contributed by atoms with van der Waals surface area (Å²) in [4.78, 5) is 27.1. The Morgan fingerprint density at radius 1 is 1.04 bits per heavy atom. The maximum Gasteiger partial charge on any atom is 0.254 e. The largest absolute Gasteiger partial charge is 0.352 e. The number of nitrogens with zero attached hydrogens (tertiary/aromatic N) is 1. The van der Waals surface area contributed by atoms with Crippen molar-refractivity contribution in [2.24, 2.45) is 0 Å². The summed E-state index contributed by atoms with van der Waals surface area (Å²) in [6.45, 7) is 7.01. The van der Waals surface area contributed by atoms with Gasteiger partial charge >= 0.3 is 0 Å². The Hall–Kier alpha value is -2.62. The standard InChI is InChI=1S/C20H22N2O2/c1-13-4-7-16(8-5-13)18-19(23)21-10-11-22(18)20(24)17-9-6-14(2)15(3)12-17/h4-9,12,18H,10-11H2,1-3H3,(H,21,23). The number of carbonyl (C=O) groups is 2. The highest BCUT2D eigenvalue weighted by atomic mass is 16.2. The molecular formula is C20H22N2O2. The summed E-state index contributed by atoms with van der Waals surface area (Å²) in [5, 5.41) is 2.87. The van der Waals surface area contributed by atoms with Gasteiger partial charge in [-0.2, -0.15) is 0 Å². The van der Waals surface area contributed by atoms with E-state index in [0.717, 1.165) is 22.3 Å². The van der Waals surface area contributed by atoms with Crippen molar-refractivity contribution in [2.45, 2.75) is 26.8 Å². The molecule has 2 aromatic rings. The molecule has 1 N–H and O–H groups in total. The van der Waals surface area contributed by atoms with Crippen molar-refractivity contribution >= 4 is 11.8 Å². The van der Waals surface area contributed by atoms with Crippen molar-refractivity contribution in [3.63, 3.8) is 0 Å². The van der Waals surface area contributed by atoms with E-state index >= 15 is 0 Å². The average molecular weight is 322 g/mol. The van der Waals surface area contributed by atoms with Gasteiger partial charge in [-0.1, -0.05) is 35.9 Å². The van der Waals surface area contributed by atoms with Crippen molar-refractivity contribution in [1.82, 2.24) is 10.2 Å². The third-order valence-corrected chi connectivity index (χ3v) is 4.62. The van der Waals surface area contributed by atoms with Gasteiger partial charge in [0, 0.05) is 18.7 Å². The van der Waals surface area contributed by atoms with Gasteiger partial charge in [0.1, 0.15) is 6.04 Å². The van der Waals surface area contributed by atoms with E-state index < -0.39 is 6.04 Å². The number of carbonyl (C=O) groups excluding carboxylic acids is 2. The number of benzene rings is 2. The molecule has 0 spiro atoms. The van der Waals surface area contributed by atoms with Gasteiger partial charge in [-0.3, -0.25) is 9.59 Å². The zero-order valence-corrected chi connectivity index (χ0v) is 14.3. The number of hydrogen-bond acceptors (Lipinski definition) is 2. The van der Waals surface area contributed by atoms with Crippen LogP contribution in [0.2, 0.25) is 0 Å². The fourth-order valence-electron chi connectivity index (χ4n) is 3.01. The molecule has 1 aliphatic heterocycles. The molecule has 3 rings (SSSR count). The summed E-state index contributed by atoms with van der Waals surface area (Å²) >= 11 is 0. The second-order valence-corrected chi connectivity index (χ2v) is 6.40. The fraction of sp³-hybridized carbons (Fsp3) is 0.300. The Kier molecular flexibility index (Phi) is 4.38. The Morgan fingerprint density at radius 3 is 2.42 bits per heavy atom. The van der Waals surface area contributed by atoms with Crippen LogP contribution in [-0.4, -0.2) is 29.8 Å². The number of rotatable bonds is 2. The van der Waals surface area contributed by atoms with Crippen LogP contribution in [0.3, 0.4) is 0 Å². The number of nitrogens with one attached hydrogen (secondary N) is 1. The fourth-order valence-corrected chi connectivity index (χ4v) is 3.01. The molecule has 1 heterocycles. The minimum atomic E-state index is -0.576. The molecule has 1 unspecified atom stereocenters. The Bertz CT molecular complexity index is 781. The quantitative estimate of drug-likeness (QED) is 0.924. The number of aryl methyl sites for hydroxylation is 3. The molecule has 24 heavy (non-hydrogen) atoms. The van der Waals surface area contributed by atoms with Crippen LogP contribution >= 0.6 is 0 Å². The Balaban J connectivity index is 1.96. The lowest BCUT2D eigenvalue weighted by Crippen LogP contribution is -2.52. The summed E-state index contributed by atoms with van der Waals surface area (Å²) < 4.78 is 0. The van der Waals surface area contributed by atoms with E-state index in [-0.39, 0.29) is 11.8 Å². The predicted octanol–water partition coefficient (Wildman–Crippen LogP) is 2.93. The second kappa shape index (κ2) is 6.48. The van der Waals surface area contributed by atoms with Gasteiger partial charge in [0.15, 0.2) is 0 Å². The topological polar surface area (TPSA) is 49.4 Å². The van der Waals surface area contributed by atoms with Crippen LogP contribution in [0.25, 0.3) is 0 Å². The minimum Gasteiger partial charge on any atom is -0.352 e. The van der Waals surface area contributed by atoms with Crippen molar-refractivity contribution in [3.05, 3.63) is 70.3 Å². The van der Waals surface area contributed by atoms with Crippen molar-refractivity contribution in [2.75, 3.05) is 13.1 Å². The Morgan fingerprint density at radius 2 is 1.75 bits per heavy atom. The molecule has 1 aliphatic rings. The average Bonchev–Trinajstić information content (AvgIpc) is 2.57. The van der Waals surface area contributed by atoms with E-state index in [1.165, 1.54) is 0 Å². The van der Waals surface area contributed by atoms with Crippen LogP contribution in [0.4, 0.5) is 0 Å². The van der Waals surface area contributed by atoms with Crippen molar-refractivity contribution < 1.29 is 9.59 Å². The molecule has 0 saturated carbocycles. The molecule has 0 aliphatic carbocycles. The molecule has 1 saturated heterocycles. The van der Waals surface area contributed by atoms with Gasteiger partial charge in [0.25, 0.3) is 5.91 Å². The molecule has 4 heteroatoms. The van der Waals surface area contributed by atoms with E-state index in [0.29, 0.717) is 18.7 Å². The molecule has 4 nitrogen and oxygen atoms in total. The maximum absolute atomic E-state index is 13.0. The molecule has 0 aromatic heterocycles. The van der Waals surface area contributed by atoms with Gasteiger partial charge in [-0.15, -0.1) is 0 Å². The lowest BCUT2D eigenvalue weighted by molar-refractivity contribution is -0.128. The van der Waals surface area contributed by atoms with E-state index in [9.17, 15) is 9.59 Å². The lowest BCUT2D eigenvalue weighted by Gasteiger charge is -2.35. The first-order valence-electron chi connectivity index (χ1n) is 8.20. The maximum atomic E-state index is 13.0. The van der Waals surface area contributed by atoms with Crippen LogP contribution in [0.5, 0.6) is 0 Å². The lowest BCUT2D eigenvalue weighted by atomic mass is 9.99. The smallest absolute Gasteiger partial charge is 0.254 e. The Labute approximate surface area is 142 Å². The van der Waals surface area contributed by atoms with Gasteiger partial charge in [-0.05, 0) is 49.6 Å². The minimum absolute atomic E-state index is 0.0986. The zero-order chi connectivity index (χ0) is 17.3. The number of hydrogen-bond donors (Lipinski definition) is 1. The van der Waals surface area contributed by atoms with Crippen LogP contribution in [0, 0.1) is 20.8 Å². The van der Waals surface area contributed by atoms with Crippen LogP contribution in [0.1, 0.15) is 38.7 Å². The van der Waals surface area contributed by atoms with Gasteiger partial charge < -0.3 is 10.2 Å². The molecule has 1 fully saturated rings. The van der Waals surface area contributed by atoms with Gasteiger partial charge in [0.2, 0.25) is 5.91 Å². The number of amides is 2. The van der Waals surface area contributed by atoms with Gasteiger partial charge in [0.05, 0.1) is 0 Å². The SMILES string of the molecule is Cc1ccc(C2C(=O)NCCN2C(=O)c2ccc(C)c(C)c2)cc1. The van der Waals surface area contributed by atoms with E-state index in [4.69, 9.17) is 0 Å². The second-order valence-electron chi connectivity index (χ2n) is 6.40. The summed E-state index contributed by atoms with van der Waals surface area (Å²) in [5.74, 6) is -0.221. The van der Waals surface area contributed by atoms with E-state index in [1.54, 1.807) is 4.90 Å². The normalized spacial score (nSPS) is 17.5. The highest BCUT2D eigenvalue weighted by Gasteiger charge is 2.34. The van der Waals surface area contributed by atoms with Crippen LogP contribution < -0.4 is 5.32 Å². The summed E-state index contributed by atoms with van der Waals surface area (Å²) in [6.07, 6.45) is 0. The van der Waals surface area contributed by atoms with Gasteiger partial charge in [-0.25, -0.2) is 0 Å². The highest BCUT2D eigenvalue weighted by Crippen LogP contribution is 2.26. The zero-order valence-electron chi connectivity index (χ0n) is 14.3. The predicted molar refractivity (Wildman–Crippen MR) is 93.9 cm³/mol. The molecule has 0 radical (unpaired) electrons. The summed E-state index contributed by atoms with van der Waals surface area (Å²) in [6, 6.07) is 12.9. The molecular weight excluding hydrogens is 300 g/mol. The molecule has 2 aromatic carbocycles. The number of piperazine rings is 1. The monoisotopic (exact) mass is 322 g/mol. The highest BCUT2D eigenvalue weighted by molar-refractivity contribution is 5.98. The summed E-state index contributed by atoms with van der Waals surface area (Å²) in [5.41, 5.74) is 4.83. The molecule has 2 amide bonds. The molecule has 0 bridgehead atoms. The molecule has 124 valence electrons. The van der Waals surface area contributed by atoms with E-state index in [1.807, 2.05) is 63.2 Å². The first kappa shape index (κ1) is 16.2. The first-order valence-corrected chi connectivity index (χ1v) is 8.20. The van der Waals surface area contributed by atoms with Crippen LogP contribution in [0.15, 0.2) is 42.5 Å². The first-order chi connectivity index (χ1) is 11.5. The third kappa shape index (κ3) is 3.04. The molecule has 1 atom stereocenters. The van der Waals surface area contributed by atoms with Crippen LogP contribution in [-0.2, 0) is 4.79 Å². The third-order valence-electron chi connectivity index (χ3n) is 4.62. The van der Waals surface area contributed by atoms with Crippen molar-refractivity contribution in [3.8, 4) is 0 Å². The van der Waals surface area contributed by atoms with E-state index in [2.05, 4.69) is 5.32 Å². The van der Waals surface area contributed by atoms with Crippen molar-refractivity contribution in [1.29, 1.82) is 0 Å².